The van der Waals surface area contributed by atoms with E-state index in [4.69, 9.17) is 0 Å². The molecule has 1 aliphatic carbocycles. The summed E-state index contributed by atoms with van der Waals surface area (Å²) in [6.45, 7) is 1.25. The standard InChI is InChI=1S/C14H28N2/c1-16(2)14(12-7-3-4-8-12)11-13-9-5-6-10-15-13/h12-15H,3-11H2,1-2H3. The Kier molecular flexibility index (Phi) is 4.66. The zero-order valence-electron chi connectivity index (χ0n) is 11.0. The SMILES string of the molecule is CN(C)C(CC1CCCCN1)C1CCCC1. The number of hydrogen-bond acceptors (Lipinski definition) is 2. The summed E-state index contributed by atoms with van der Waals surface area (Å²) in [6, 6.07) is 1.61. The third-order valence-electron chi connectivity index (χ3n) is 4.55. The van der Waals surface area contributed by atoms with E-state index in [-0.39, 0.29) is 0 Å². The van der Waals surface area contributed by atoms with Crippen molar-refractivity contribution >= 4 is 0 Å². The Labute approximate surface area is 101 Å². The van der Waals surface area contributed by atoms with Crippen LogP contribution in [0, 0.1) is 5.92 Å². The molecule has 16 heavy (non-hydrogen) atoms. The van der Waals surface area contributed by atoms with Crippen molar-refractivity contribution in [3.63, 3.8) is 0 Å². The fraction of sp³-hybridized carbons (Fsp3) is 1.00. The van der Waals surface area contributed by atoms with Crippen LogP contribution in [0.15, 0.2) is 0 Å². The molecule has 1 saturated carbocycles. The van der Waals surface area contributed by atoms with Crippen molar-refractivity contribution in [2.45, 2.75) is 63.5 Å². The van der Waals surface area contributed by atoms with Gasteiger partial charge in [-0.3, -0.25) is 0 Å². The van der Waals surface area contributed by atoms with E-state index in [2.05, 4.69) is 24.3 Å². The molecule has 0 bridgehead atoms. The van der Waals surface area contributed by atoms with Gasteiger partial charge in [0.1, 0.15) is 0 Å². The molecule has 2 atom stereocenters. The third kappa shape index (κ3) is 3.21. The van der Waals surface area contributed by atoms with Gasteiger partial charge in [-0.1, -0.05) is 19.3 Å². The molecule has 0 amide bonds. The average Bonchev–Trinajstić information content (AvgIpc) is 2.80. The van der Waals surface area contributed by atoms with Crippen LogP contribution in [0.5, 0.6) is 0 Å². The number of piperidine rings is 1. The maximum Gasteiger partial charge on any atom is 0.0132 e. The van der Waals surface area contributed by atoms with E-state index in [1.165, 1.54) is 57.9 Å². The fourth-order valence-corrected chi connectivity index (χ4v) is 3.58. The van der Waals surface area contributed by atoms with Gasteiger partial charge in [-0.2, -0.15) is 0 Å². The van der Waals surface area contributed by atoms with Crippen LogP contribution in [0.25, 0.3) is 0 Å². The van der Waals surface area contributed by atoms with Gasteiger partial charge in [0, 0.05) is 12.1 Å². The zero-order valence-corrected chi connectivity index (χ0v) is 11.0. The highest BCUT2D eigenvalue weighted by atomic mass is 15.1. The van der Waals surface area contributed by atoms with Gasteiger partial charge in [0.05, 0.1) is 0 Å². The molecule has 2 aliphatic rings. The lowest BCUT2D eigenvalue weighted by Crippen LogP contribution is -2.43. The summed E-state index contributed by atoms with van der Waals surface area (Å²) >= 11 is 0. The van der Waals surface area contributed by atoms with Gasteiger partial charge in [0.25, 0.3) is 0 Å². The summed E-state index contributed by atoms with van der Waals surface area (Å²) in [4.78, 5) is 2.48. The first kappa shape index (κ1) is 12.4. The molecule has 0 aromatic heterocycles. The number of hydrogen-bond donors (Lipinski definition) is 1. The highest BCUT2D eigenvalue weighted by Gasteiger charge is 2.29. The number of nitrogens with one attached hydrogen (secondary N) is 1. The smallest absolute Gasteiger partial charge is 0.0132 e. The van der Waals surface area contributed by atoms with Gasteiger partial charge in [0.15, 0.2) is 0 Å². The molecular formula is C14H28N2. The second kappa shape index (κ2) is 6.02. The van der Waals surface area contributed by atoms with Crippen molar-refractivity contribution in [2.24, 2.45) is 5.92 Å². The summed E-state index contributed by atoms with van der Waals surface area (Å²) < 4.78 is 0. The average molecular weight is 224 g/mol. The maximum atomic E-state index is 3.70. The topological polar surface area (TPSA) is 15.3 Å². The lowest BCUT2D eigenvalue weighted by atomic mass is 9.89. The summed E-state index contributed by atoms with van der Waals surface area (Å²) in [7, 11) is 4.54. The molecule has 2 rings (SSSR count). The molecule has 2 unspecified atom stereocenters. The zero-order chi connectivity index (χ0) is 11.4. The lowest BCUT2D eigenvalue weighted by Gasteiger charge is -2.35. The summed E-state index contributed by atoms with van der Waals surface area (Å²) in [5, 5.41) is 3.70. The van der Waals surface area contributed by atoms with E-state index in [1.54, 1.807) is 0 Å². The first-order valence-corrected chi connectivity index (χ1v) is 7.17. The van der Waals surface area contributed by atoms with Crippen LogP contribution in [-0.2, 0) is 0 Å². The minimum Gasteiger partial charge on any atom is -0.314 e. The maximum absolute atomic E-state index is 3.70. The van der Waals surface area contributed by atoms with Gasteiger partial charge in [-0.25, -0.2) is 0 Å². The van der Waals surface area contributed by atoms with Crippen LogP contribution in [0.4, 0.5) is 0 Å². The van der Waals surface area contributed by atoms with E-state index in [1.807, 2.05) is 0 Å². The van der Waals surface area contributed by atoms with Crippen molar-refractivity contribution in [3.05, 3.63) is 0 Å². The second-order valence-electron chi connectivity index (χ2n) is 5.96. The summed E-state index contributed by atoms with van der Waals surface area (Å²) in [6.07, 6.45) is 11.5. The van der Waals surface area contributed by atoms with E-state index in [9.17, 15) is 0 Å². The molecule has 1 aliphatic heterocycles. The van der Waals surface area contributed by atoms with Gasteiger partial charge in [-0.15, -0.1) is 0 Å². The lowest BCUT2D eigenvalue weighted by molar-refractivity contribution is 0.173. The molecule has 0 aromatic carbocycles. The molecule has 1 heterocycles. The van der Waals surface area contributed by atoms with Gasteiger partial charge in [-0.05, 0) is 58.7 Å². The quantitative estimate of drug-likeness (QED) is 0.790. The van der Waals surface area contributed by atoms with Crippen molar-refractivity contribution in [1.29, 1.82) is 0 Å². The first-order valence-electron chi connectivity index (χ1n) is 7.17. The Morgan fingerprint density at radius 2 is 1.75 bits per heavy atom. The Morgan fingerprint density at radius 1 is 1.06 bits per heavy atom. The molecule has 0 spiro atoms. The molecule has 2 heteroatoms. The second-order valence-corrected chi connectivity index (χ2v) is 5.96. The monoisotopic (exact) mass is 224 g/mol. The Balaban J connectivity index is 1.85. The minimum atomic E-state index is 0.793. The minimum absolute atomic E-state index is 0.793. The highest BCUT2D eigenvalue weighted by molar-refractivity contribution is 4.85. The molecule has 1 N–H and O–H groups in total. The van der Waals surface area contributed by atoms with E-state index in [0.29, 0.717) is 0 Å². The van der Waals surface area contributed by atoms with Crippen LogP contribution < -0.4 is 5.32 Å². The predicted octanol–water partition coefficient (Wildman–Crippen LogP) is 2.64. The van der Waals surface area contributed by atoms with Crippen molar-refractivity contribution in [3.8, 4) is 0 Å². The summed E-state index contributed by atoms with van der Waals surface area (Å²) in [5.41, 5.74) is 0. The Hall–Kier alpha value is -0.0800. The third-order valence-corrected chi connectivity index (χ3v) is 4.55. The number of rotatable bonds is 4. The van der Waals surface area contributed by atoms with E-state index >= 15 is 0 Å². The van der Waals surface area contributed by atoms with E-state index in [0.717, 1.165) is 18.0 Å². The predicted molar refractivity (Wildman–Crippen MR) is 69.7 cm³/mol. The van der Waals surface area contributed by atoms with Gasteiger partial charge >= 0.3 is 0 Å². The molecular weight excluding hydrogens is 196 g/mol. The molecule has 94 valence electrons. The molecule has 1 saturated heterocycles. The largest absolute Gasteiger partial charge is 0.314 e. The van der Waals surface area contributed by atoms with Crippen molar-refractivity contribution in [2.75, 3.05) is 20.6 Å². The van der Waals surface area contributed by atoms with Crippen molar-refractivity contribution in [1.82, 2.24) is 10.2 Å². The first-order chi connectivity index (χ1) is 7.77. The van der Waals surface area contributed by atoms with Crippen LogP contribution in [0.2, 0.25) is 0 Å². The molecule has 2 fully saturated rings. The van der Waals surface area contributed by atoms with Gasteiger partial charge < -0.3 is 10.2 Å². The van der Waals surface area contributed by atoms with Crippen molar-refractivity contribution < 1.29 is 0 Å². The Bertz CT molecular complexity index is 191. The van der Waals surface area contributed by atoms with Crippen LogP contribution in [0.1, 0.15) is 51.4 Å². The Morgan fingerprint density at radius 3 is 2.31 bits per heavy atom. The van der Waals surface area contributed by atoms with Crippen LogP contribution >= 0.6 is 0 Å². The molecule has 0 radical (unpaired) electrons. The molecule has 2 nitrogen and oxygen atoms in total. The molecule has 0 aromatic rings. The number of nitrogens with zero attached hydrogens (tertiary/aromatic N) is 1. The van der Waals surface area contributed by atoms with Crippen LogP contribution in [0.3, 0.4) is 0 Å². The normalized spacial score (nSPS) is 29.8. The fourth-order valence-electron chi connectivity index (χ4n) is 3.58. The van der Waals surface area contributed by atoms with Crippen LogP contribution in [-0.4, -0.2) is 37.6 Å². The van der Waals surface area contributed by atoms with Gasteiger partial charge in [0.2, 0.25) is 0 Å². The summed E-state index contributed by atoms with van der Waals surface area (Å²) in [5.74, 6) is 0.971. The van der Waals surface area contributed by atoms with E-state index < -0.39 is 0 Å². The highest BCUT2D eigenvalue weighted by Crippen LogP contribution is 2.32.